The van der Waals surface area contributed by atoms with E-state index in [1.165, 1.54) is 24.3 Å². The normalized spacial score (nSPS) is 16.7. The SMILES string of the molecule is O=C(c1ccc(=O)[nH]n1)N1CCCC(c2cccc(Cc3ccc(C(F)(F)F)cc3)n2)C1. The van der Waals surface area contributed by atoms with Crippen molar-refractivity contribution in [2.45, 2.75) is 31.4 Å². The van der Waals surface area contributed by atoms with Crippen LogP contribution in [0.4, 0.5) is 13.2 Å². The Morgan fingerprint density at radius 3 is 2.56 bits per heavy atom. The summed E-state index contributed by atoms with van der Waals surface area (Å²) in [4.78, 5) is 30.3. The van der Waals surface area contributed by atoms with Crippen LogP contribution in [0, 0.1) is 0 Å². The number of rotatable bonds is 4. The van der Waals surface area contributed by atoms with E-state index >= 15 is 0 Å². The quantitative estimate of drug-likeness (QED) is 0.667. The number of aromatic nitrogens is 3. The van der Waals surface area contributed by atoms with E-state index in [4.69, 9.17) is 4.98 Å². The summed E-state index contributed by atoms with van der Waals surface area (Å²) < 4.78 is 38.3. The third-order valence-corrected chi connectivity index (χ3v) is 5.52. The molecule has 1 amide bonds. The lowest BCUT2D eigenvalue weighted by Gasteiger charge is -2.32. The number of benzene rings is 1. The summed E-state index contributed by atoms with van der Waals surface area (Å²) in [5.41, 5.74) is 1.50. The van der Waals surface area contributed by atoms with Crippen LogP contribution in [0.25, 0.3) is 0 Å². The van der Waals surface area contributed by atoms with E-state index in [1.54, 1.807) is 4.90 Å². The van der Waals surface area contributed by atoms with Gasteiger partial charge in [0.25, 0.3) is 11.5 Å². The predicted molar refractivity (Wildman–Crippen MR) is 111 cm³/mol. The van der Waals surface area contributed by atoms with Gasteiger partial charge in [-0.1, -0.05) is 18.2 Å². The van der Waals surface area contributed by atoms with Gasteiger partial charge in [0.2, 0.25) is 0 Å². The van der Waals surface area contributed by atoms with E-state index in [9.17, 15) is 22.8 Å². The molecule has 0 saturated carbocycles. The first kappa shape index (κ1) is 21.7. The minimum atomic E-state index is -4.36. The lowest BCUT2D eigenvalue weighted by Crippen LogP contribution is -2.40. The predicted octanol–water partition coefficient (Wildman–Crippen LogP) is 3.79. The summed E-state index contributed by atoms with van der Waals surface area (Å²) in [5, 5.41) is 6.10. The molecule has 3 heterocycles. The van der Waals surface area contributed by atoms with Crippen LogP contribution in [0.2, 0.25) is 0 Å². The monoisotopic (exact) mass is 442 g/mol. The number of piperidine rings is 1. The summed E-state index contributed by atoms with van der Waals surface area (Å²) >= 11 is 0. The van der Waals surface area contributed by atoms with Gasteiger partial charge >= 0.3 is 6.18 Å². The van der Waals surface area contributed by atoms with E-state index < -0.39 is 11.7 Å². The lowest BCUT2D eigenvalue weighted by molar-refractivity contribution is -0.137. The van der Waals surface area contributed by atoms with Crippen LogP contribution in [-0.2, 0) is 12.6 Å². The number of alkyl halides is 3. The number of aromatic amines is 1. The number of halogens is 3. The van der Waals surface area contributed by atoms with Gasteiger partial charge in [0.05, 0.1) is 5.56 Å². The van der Waals surface area contributed by atoms with Gasteiger partial charge in [0.1, 0.15) is 5.69 Å². The van der Waals surface area contributed by atoms with Crippen molar-refractivity contribution in [3.63, 3.8) is 0 Å². The molecule has 1 atom stereocenters. The van der Waals surface area contributed by atoms with Crippen LogP contribution < -0.4 is 5.56 Å². The van der Waals surface area contributed by atoms with E-state index in [0.29, 0.717) is 19.5 Å². The molecular formula is C23H21F3N4O2. The van der Waals surface area contributed by atoms with Gasteiger partial charge in [0, 0.05) is 42.9 Å². The third kappa shape index (κ3) is 5.04. The van der Waals surface area contributed by atoms with Gasteiger partial charge < -0.3 is 4.90 Å². The maximum atomic E-state index is 12.8. The highest BCUT2D eigenvalue weighted by Gasteiger charge is 2.30. The number of carbonyl (C=O) groups is 1. The molecule has 1 aliphatic heterocycles. The number of hydrogen-bond acceptors (Lipinski definition) is 4. The molecule has 32 heavy (non-hydrogen) atoms. The van der Waals surface area contributed by atoms with Gasteiger partial charge in [-0.25, -0.2) is 5.10 Å². The molecule has 166 valence electrons. The van der Waals surface area contributed by atoms with Crippen molar-refractivity contribution in [1.82, 2.24) is 20.1 Å². The molecule has 0 spiro atoms. The second kappa shape index (κ2) is 8.94. The second-order valence-corrected chi connectivity index (χ2v) is 7.82. The fourth-order valence-electron chi connectivity index (χ4n) is 3.87. The Labute approximate surface area is 182 Å². The van der Waals surface area contributed by atoms with Crippen LogP contribution in [0.1, 0.15) is 51.8 Å². The number of nitrogens with zero attached hydrogens (tertiary/aromatic N) is 3. The van der Waals surface area contributed by atoms with Gasteiger partial charge in [-0.3, -0.25) is 14.6 Å². The first-order valence-electron chi connectivity index (χ1n) is 10.3. The molecule has 0 bridgehead atoms. The zero-order valence-corrected chi connectivity index (χ0v) is 17.1. The fraction of sp³-hybridized carbons (Fsp3) is 0.304. The summed E-state index contributed by atoms with van der Waals surface area (Å²) in [6.07, 6.45) is -2.25. The molecule has 1 aliphatic rings. The largest absolute Gasteiger partial charge is 0.416 e. The standard InChI is InChI=1S/C23H21F3N4O2/c24-23(25,26)17-8-6-15(7-9-17)13-18-4-1-5-19(27-18)16-3-2-12-30(14-16)22(32)20-10-11-21(31)29-28-20/h1,4-11,16H,2-3,12-14H2,(H,29,31). The third-order valence-electron chi connectivity index (χ3n) is 5.52. The molecule has 0 aliphatic carbocycles. The van der Waals surface area contributed by atoms with Crippen molar-refractivity contribution in [2.75, 3.05) is 13.1 Å². The number of pyridine rings is 1. The van der Waals surface area contributed by atoms with Crippen LogP contribution in [0.15, 0.2) is 59.4 Å². The zero-order valence-electron chi connectivity index (χ0n) is 17.1. The molecule has 1 fully saturated rings. The van der Waals surface area contributed by atoms with Gasteiger partial charge in [-0.2, -0.15) is 18.3 Å². The second-order valence-electron chi connectivity index (χ2n) is 7.82. The van der Waals surface area contributed by atoms with Crippen molar-refractivity contribution in [2.24, 2.45) is 0 Å². The number of hydrogen-bond donors (Lipinski definition) is 1. The van der Waals surface area contributed by atoms with Crippen molar-refractivity contribution in [1.29, 1.82) is 0 Å². The van der Waals surface area contributed by atoms with Gasteiger partial charge in [0.15, 0.2) is 0 Å². The molecule has 3 aromatic rings. The number of nitrogens with one attached hydrogen (secondary N) is 1. The van der Waals surface area contributed by atoms with Crippen LogP contribution in [0.3, 0.4) is 0 Å². The fourth-order valence-corrected chi connectivity index (χ4v) is 3.87. The molecule has 4 rings (SSSR count). The van der Waals surface area contributed by atoms with E-state index in [1.807, 2.05) is 18.2 Å². The van der Waals surface area contributed by atoms with Crippen molar-refractivity contribution in [3.05, 3.63) is 93.2 Å². The average molecular weight is 442 g/mol. The molecule has 9 heteroatoms. The molecule has 1 aromatic carbocycles. The van der Waals surface area contributed by atoms with Crippen molar-refractivity contribution < 1.29 is 18.0 Å². The minimum absolute atomic E-state index is 0.0445. The highest BCUT2D eigenvalue weighted by atomic mass is 19.4. The maximum absolute atomic E-state index is 12.8. The summed E-state index contributed by atoms with van der Waals surface area (Å²) in [7, 11) is 0. The van der Waals surface area contributed by atoms with Gasteiger partial charge in [-0.05, 0) is 48.7 Å². The molecule has 1 unspecified atom stereocenters. The van der Waals surface area contributed by atoms with Crippen molar-refractivity contribution in [3.8, 4) is 0 Å². The molecule has 2 aromatic heterocycles. The Bertz CT molecular complexity index is 1140. The Hall–Kier alpha value is -3.49. The lowest BCUT2D eigenvalue weighted by atomic mass is 9.93. The topological polar surface area (TPSA) is 79.0 Å². The highest BCUT2D eigenvalue weighted by Crippen LogP contribution is 2.30. The molecule has 1 N–H and O–H groups in total. The first-order valence-corrected chi connectivity index (χ1v) is 10.3. The van der Waals surface area contributed by atoms with E-state index in [0.717, 1.165) is 41.9 Å². The number of likely N-dealkylation sites (tertiary alicyclic amines) is 1. The minimum Gasteiger partial charge on any atom is -0.337 e. The number of amides is 1. The smallest absolute Gasteiger partial charge is 0.337 e. The number of H-pyrrole nitrogens is 1. The average Bonchev–Trinajstić information content (AvgIpc) is 2.79. The Morgan fingerprint density at radius 2 is 1.88 bits per heavy atom. The van der Waals surface area contributed by atoms with Crippen LogP contribution >= 0.6 is 0 Å². The number of carbonyl (C=O) groups excluding carboxylic acids is 1. The highest BCUT2D eigenvalue weighted by molar-refractivity contribution is 5.92. The molecule has 1 saturated heterocycles. The maximum Gasteiger partial charge on any atom is 0.416 e. The Morgan fingerprint density at radius 1 is 1.09 bits per heavy atom. The Balaban J connectivity index is 1.46. The van der Waals surface area contributed by atoms with E-state index in [-0.39, 0.29) is 23.1 Å². The molecular weight excluding hydrogens is 421 g/mol. The first-order chi connectivity index (χ1) is 15.3. The van der Waals surface area contributed by atoms with Crippen LogP contribution in [0.5, 0.6) is 0 Å². The van der Waals surface area contributed by atoms with Gasteiger partial charge in [-0.15, -0.1) is 0 Å². The summed E-state index contributed by atoms with van der Waals surface area (Å²) in [6, 6.07) is 13.4. The zero-order chi connectivity index (χ0) is 22.7. The van der Waals surface area contributed by atoms with Crippen LogP contribution in [-0.4, -0.2) is 39.1 Å². The summed E-state index contributed by atoms with van der Waals surface area (Å²) in [6.45, 7) is 1.08. The molecule has 0 radical (unpaired) electrons. The summed E-state index contributed by atoms with van der Waals surface area (Å²) in [5.74, 6) is -0.199. The van der Waals surface area contributed by atoms with Crippen molar-refractivity contribution >= 4 is 5.91 Å². The molecule has 6 nitrogen and oxygen atoms in total. The Kier molecular flexibility index (Phi) is 6.07. The van der Waals surface area contributed by atoms with E-state index in [2.05, 4.69) is 10.2 Å².